The summed E-state index contributed by atoms with van der Waals surface area (Å²) in [5.41, 5.74) is 10.3. The Bertz CT molecular complexity index is 1290. The van der Waals surface area contributed by atoms with E-state index >= 15 is 0 Å². The van der Waals surface area contributed by atoms with Gasteiger partial charge in [0, 0.05) is 41.6 Å². The minimum absolute atomic E-state index is 0.0703. The van der Waals surface area contributed by atoms with Gasteiger partial charge in [-0.25, -0.2) is 9.50 Å². The summed E-state index contributed by atoms with van der Waals surface area (Å²) in [7, 11) is 0. The quantitative estimate of drug-likeness (QED) is 0.596. The minimum atomic E-state index is -0.212. The first kappa shape index (κ1) is 20.6. The summed E-state index contributed by atoms with van der Waals surface area (Å²) < 4.78 is 1.74. The number of anilines is 1. The molecule has 2 amide bonds. The lowest BCUT2D eigenvalue weighted by atomic mass is 10.1. The average Bonchev–Trinajstić information content (AvgIpc) is 3.16. The fourth-order valence-corrected chi connectivity index (χ4v) is 5.77. The van der Waals surface area contributed by atoms with Crippen molar-refractivity contribution in [2.45, 2.75) is 32.9 Å². The number of carbonyl (C=O) groups is 2. The minimum Gasteiger partial charge on any atom is -0.369 e. The van der Waals surface area contributed by atoms with Gasteiger partial charge in [0.1, 0.15) is 6.33 Å². The Balaban J connectivity index is 1.37. The lowest BCUT2D eigenvalue weighted by Crippen LogP contribution is -2.35. The molecule has 2 saturated heterocycles. The number of amides is 2. The molecular formula is C24H25ClN6O2. The van der Waals surface area contributed by atoms with Crippen molar-refractivity contribution in [1.29, 1.82) is 0 Å². The van der Waals surface area contributed by atoms with Crippen LogP contribution >= 0.6 is 11.6 Å². The third-order valence-electron chi connectivity index (χ3n) is 7.47. The van der Waals surface area contributed by atoms with E-state index in [1.54, 1.807) is 4.52 Å². The fraction of sp³-hybridized carbons (Fsp3) is 0.417. The molecule has 8 nitrogen and oxygen atoms in total. The Kier molecular flexibility index (Phi) is 4.38. The molecule has 3 atom stereocenters. The number of nitrogens with two attached hydrogens (primary N) is 1. The van der Waals surface area contributed by atoms with Crippen molar-refractivity contribution in [2.75, 3.05) is 18.0 Å². The SMILES string of the molecule is CC1(C)C2C(=O)N(Cc3cc4c(-c5cc(Cl)ccc5N5CC[C@@H](N)C5)ncnn4c3)C(=O)C21. The van der Waals surface area contributed by atoms with E-state index in [1.165, 1.54) is 11.2 Å². The Morgan fingerprint density at radius 3 is 2.64 bits per heavy atom. The van der Waals surface area contributed by atoms with E-state index in [9.17, 15) is 9.59 Å². The summed E-state index contributed by atoms with van der Waals surface area (Å²) in [6.45, 7) is 5.87. The molecule has 3 aromatic rings. The number of hydrogen-bond donors (Lipinski definition) is 1. The second kappa shape index (κ2) is 7.01. The van der Waals surface area contributed by atoms with Crippen LogP contribution in [0.3, 0.4) is 0 Å². The largest absolute Gasteiger partial charge is 0.369 e. The third kappa shape index (κ3) is 3.08. The van der Waals surface area contributed by atoms with Crippen molar-refractivity contribution in [3.05, 3.63) is 47.4 Å². The van der Waals surface area contributed by atoms with Crippen LogP contribution in [0.15, 0.2) is 36.8 Å². The van der Waals surface area contributed by atoms with Gasteiger partial charge in [-0.2, -0.15) is 5.10 Å². The molecule has 4 heterocycles. The van der Waals surface area contributed by atoms with E-state index in [2.05, 4.69) is 15.0 Å². The fourth-order valence-electron chi connectivity index (χ4n) is 5.60. The molecule has 2 aliphatic heterocycles. The summed E-state index contributed by atoms with van der Waals surface area (Å²) in [4.78, 5) is 33.8. The van der Waals surface area contributed by atoms with Gasteiger partial charge in [0.05, 0.1) is 29.6 Å². The zero-order chi connectivity index (χ0) is 23.1. The molecule has 3 aliphatic rings. The van der Waals surface area contributed by atoms with Crippen LogP contribution in [0, 0.1) is 17.3 Å². The number of likely N-dealkylation sites (tertiary alicyclic amines) is 1. The van der Waals surface area contributed by atoms with Gasteiger partial charge in [0.15, 0.2) is 0 Å². The molecular weight excluding hydrogens is 440 g/mol. The first-order valence-corrected chi connectivity index (χ1v) is 11.6. The van der Waals surface area contributed by atoms with Crippen molar-refractivity contribution in [2.24, 2.45) is 23.0 Å². The molecule has 1 aliphatic carbocycles. The smallest absolute Gasteiger partial charge is 0.233 e. The van der Waals surface area contributed by atoms with Crippen LogP contribution in [-0.2, 0) is 16.1 Å². The topological polar surface area (TPSA) is 96.8 Å². The van der Waals surface area contributed by atoms with Crippen LogP contribution in [0.1, 0.15) is 25.8 Å². The molecule has 0 spiro atoms. The standard InChI is InChI=1S/C24H25ClN6O2/c1-24(2)19-20(24)23(33)30(22(19)32)9-13-7-18-21(27-12-28-31(18)10-13)16-8-14(25)3-4-17(16)29-6-5-15(26)11-29/h3-4,7-8,10,12,15,19-20H,5-6,9,11,26H2,1-2H3/t15-,19?,20?/m1/s1. The summed E-state index contributed by atoms with van der Waals surface area (Å²) in [6, 6.07) is 7.90. The molecule has 1 saturated carbocycles. The number of piperidine rings is 1. The van der Waals surface area contributed by atoms with Gasteiger partial charge in [-0.15, -0.1) is 0 Å². The second-order valence-electron chi connectivity index (χ2n) is 9.98. The molecule has 0 radical (unpaired) electrons. The first-order chi connectivity index (χ1) is 15.8. The third-order valence-corrected chi connectivity index (χ3v) is 7.71. The van der Waals surface area contributed by atoms with E-state index in [0.717, 1.165) is 47.5 Å². The zero-order valence-corrected chi connectivity index (χ0v) is 19.3. The number of nitrogens with zero attached hydrogens (tertiary/aromatic N) is 5. The molecule has 2 unspecified atom stereocenters. The normalized spacial score (nSPS) is 25.9. The Morgan fingerprint density at radius 2 is 1.94 bits per heavy atom. The maximum Gasteiger partial charge on any atom is 0.233 e. The monoisotopic (exact) mass is 464 g/mol. The second-order valence-corrected chi connectivity index (χ2v) is 10.4. The number of halogens is 1. The Morgan fingerprint density at radius 1 is 1.18 bits per heavy atom. The molecule has 2 N–H and O–H groups in total. The maximum absolute atomic E-state index is 12.8. The van der Waals surface area contributed by atoms with E-state index in [0.29, 0.717) is 5.02 Å². The van der Waals surface area contributed by atoms with Crippen LogP contribution in [0.5, 0.6) is 0 Å². The highest BCUT2D eigenvalue weighted by atomic mass is 35.5. The van der Waals surface area contributed by atoms with E-state index in [1.807, 2.05) is 44.3 Å². The number of hydrogen-bond acceptors (Lipinski definition) is 6. The first-order valence-electron chi connectivity index (χ1n) is 11.2. The van der Waals surface area contributed by atoms with Gasteiger partial charge in [0.2, 0.25) is 11.8 Å². The molecule has 2 aromatic heterocycles. The molecule has 9 heteroatoms. The van der Waals surface area contributed by atoms with Crippen molar-refractivity contribution in [3.8, 4) is 11.3 Å². The zero-order valence-electron chi connectivity index (χ0n) is 18.5. The molecule has 170 valence electrons. The Labute approximate surface area is 196 Å². The van der Waals surface area contributed by atoms with Crippen LogP contribution in [0.25, 0.3) is 16.8 Å². The summed E-state index contributed by atoms with van der Waals surface area (Å²) >= 11 is 6.37. The molecule has 1 aromatic carbocycles. The molecule has 33 heavy (non-hydrogen) atoms. The predicted molar refractivity (Wildman–Crippen MR) is 125 cm³/mol. The lowest BCUT2D eigenvalue weighted by Gasteiger charge is -2.22. The predicted octanol–water partition coefficient (Wildman–Crippen LogP) is 2.73. The van der Waals surface area contributed by atoms with Crippen LogP contribution < -0.4 is 10.6 Å². The highest BCUT2D eigenvalue weighted by Crippen LogP contribution is 2.63. The van der Waals surface area contributed by atoms with Gasteiger partial charge < -0.3 is 10.6 Å². The molecule has 0 bridgehead atoms. The number of imide groups is 1. The van der Waals surface area contributed by atoms with E-state index in [-0.39, 0.29) is 41.7 Å². The average molecular weight is 465 g/mol. The van der Waals surface area contributed by atoms with Gasteiger partial charge >= 0.3 is 0 Å². The number of aromatic nitrogens is 3. The molecule has 6 rings (SSSR count). The van der Waals surface area contributed by atoms with Gasteiger partial charge in [-0.3, -0.25) is 14.5 Å². The van der Waals surface area contributed by atoms with Gasteiger partial charge in [-0.05, 0) is 41.7 Å². The Hall–Kier alpha value is -2.97. The van der Waals surface area contributed by atoms with Crippen LogP contribution in [0.2, 0.25) is 5.02 Å². The number of rotatable bonds is 4. The number of carbonyl (C=O) groups excluding carboxylic acids is 2. The van der Waals surface area contributed by atoms with Gasteiger partial charge in [0.25, 0.3) is 0 Å². The lowest BCUT2D eigenvalue weighted by molar-refractivity contribution is -0.143. The van der Waals surface area contributed by atoms with E-state index in [4.69, 9.17) is 17.3 Å². The van der Waals surface area contributed by atoms with Crippen molar-refractivity contribution in [3.63, 3.8) is 0 Å². The van der Waals surface area contributed by atoms with E-state index < -0.39 is 0 Å². The summed E-state index contributed by atoms with van der Waals surface area (Å²) in [6.07, 6.45) is 4.30. The maximum atomic E-state index is 12.8. The highest BCUT2D eigenvalue weighted by Gasteiger charge is 2.72. The van der Waals surface area contributed by atoms with Gasteiger partial charge in [-0.1, -0.05) is 25.4 Å². The summed E-state index contributed by atoms with van der Waals surface area (Å²) in [5.74, 6) is -0.505. The van der Waals surface area contributed by atoms with Crippen LogP contribution in [-0.4, -0.2) is 50.4 Å². The molecule has 3 fully saturated rings. The highest BCUT2D eigenvalue weighted by molar-refractivity contribution is 6.31. The number of benzene rings is 1. The van der Waals surface area contributed by atoms with Crippen molar-refractivity contribution in [1.82, 2.24) is 19.5 Å². The number of fused-ring (bicyclic) bond motifs is 2. The van der Waals surface area contributed by atoms with Crippen molar-refractivity contribution >= 4 is 34.6 Å². The van der Waals surface area contributed by atoms with Crippen LogP contribution in [0.4, 0.5) is 5.69 Å². The summed E-state index contributed by atoms with van der Waals surface area (Å²) in [5, 5.41) is 4.98. The van der Waals surface area contributed by atoms with Crippen molar-refractivity contribution < 1.29 is 9.59 Å².